The normalized spacial score (nSPS) is 12.1. The minimum Gasteiger partial charge on any atom is -0.465 e. The molecule has 0 bridgehead atoms. The van der Waals surface area contributed by atoms with Gasteiger partial charge in [0.1, 0.15) is 10.9 Å². The van der Waals surface area contributed by atoms with E-state index in [0.717, 1.165) is 26.1 Å². The van der Waals surface area contributed by atoms with Gasteiger partial charge in [-0.3, -0.25) is 4.79 Å². The molecule has 1 aromatic heterocycles. The Hall–Kier alpha value is -3.99. The number of fused-ring (bicyclic) bond motifs is 1. The van der Waals surface area contributed by atoms with E-state index in [-0.39, 0.29) is 13.2 Å². The fourth-order valence-electron chi connectivity index (χ4n) is 5.04. The summed E-state index contributed by atoms with van der Waals surface area (Å²) in [4.78, 5) is 33.3. The highest BCUT2D eigenvalue weighted by Gasteiger charge is 2.43. The summed E-state index contributed by atoms with van der Waals surface area (Å²) in [5.41, 5.74) is 0.767. The van der Waals surface area contributed by atoms with Crippen LogP contribution in [0.15, 0.2) is 115 Å². The third-order valence-corrected chi connectivity index (χ3v) is 12.1. The Labute approximate surface area is 238 Å². The third-order valence-electron chi connectivity index (χ3n) is 6.63. The fraction of sp³-hybridized carbons (Fsp3) is 0.152. The molecule has 0 spiro atoms. The molecule has 7 heteroatoms. The van der Waals surface area contributed by atoms with Gasteiger partial charge in [0.15, 0.2) is 0 Å². The molecule has 0 aliphatic rings. The lowest BCUT2D eigenvalue weighted by Gasteiger charge is -2.34. The van der Waals surface area contributed by atoms with Crippen molar-refractivity contribution < 1.29 is 19.1 Å². The molecule has 4 aromatic carbocycles. The molecule has 40 heavy (non-hydrogen) atoms. The Morgan fingerprint density at radius 1 is 0.700 bits per heavy atom. The Balaban J connectivity index is 2.03. The Morgan fingerprint density at radius 2 is 1.18 bits per heavy atom. The molecular formula is C33H30NO4PS. The molecule has 0 amide bonds. The van der Waals surface area contributed by atoms with Crippen molar-refractivity contribution in [3.05, 3.63) is 120 Å². The number of nitrogens with zero attached hydrogens (tertiary/aromatic N) is 1. The van der Waals surface area contributed by atoms with Crippen LogP contribution in [0.1, 0.15) is 24.8 Å². The number of aromatic nitrogens is 1. The van der Waals surface area contributed by atoms with Gasteiger partial charge < -0.3 is 9.47 Å². The van der Waals surface area contributed by atoms with Crippen LogP contribution in [0.25, 0.3) is 10.2 Å². The fourth-order valence-corrected chi connectivity index (χ4v) is 10.7. The quantitative estimate of drug-likeness (QED) is 0.170. The van der Waals surface area contributed by atoms with Crippen LogP contribution in [0.3, 0.4) is 0 Å². The first-order valence-corrected chi connectivity index (χ1v) is 15.8. The van der Waals surface area contributed by atoms with Crippen molar-refractivity contribution in [1.29, 1.82) is 0 Å². The van der Waals surface area contributed by atoms with Crippen molar-refractivity contribution >= 4 is 61.6 Å². The maximum Gasteiger partial charge on any atom is 0.336 e. The molecular weight excluding hydrogens is 537 g/mol. The van der Waals surface area contributed by atoms with Gasteiger partial charge in [0, 0.05) is 0 Å². The van der Waals surface area contributed by atoms with Crippen molar-refractivity contribution in [2.75, 3.05) is 13.2 Å². The lowest BCUT2D eigenvalue weighted by molar-refractivity contribution is -0.144. The molecule has 0 radical (unpaired) electrons. The second-order valence-electron chi connectivity index (χ2n) is 8.99. The molecule has 1 heterocycles. The summed E-state index contributed by atoms with van der Waals surface area (Å²) < 4.78 is 12.4. The number of carbonyl (C=O) groups excluding carboxylic acids is 2. The van der Waals surface area contributed by atoms with Gasteiger partial charge in [-0.2, -0.15) is 0 Å². The zero-order valence-electron chi connectivity index (χ0n) is 22.4. The molecule has 0 fully saturated rings. The number of benzene rings is 4. The summed E-state index contributed by atoms with van der Waals surface area (Å²) in [7, 11) is 0. The third kappa shape index (κ3) is 5.13. The molecule has 0 saturated carbocycles. The SMILES string of the molecule is CCOC(=O)C(C(C(=O)OCC)c1nc2ccccc2s1)=P(c1ccccc1)(c1ccccc1)c1ccccc1. The number of rotatable bonds is 9. The van der Waals surface area contributed by atoms with Crippen molar-refractivity contribution in [1.82, 2.24) is 4.98 Å². The molecule has 0 aliphatic carbocycles. The number of carbonyl (C=O) groups is 2. The molecule has 0 aliphatic heterocycles. The Kier molecular flexibility index (Phi) is 8.59. The van der Waals surface area contributed by atoms with Crippen LogP contribution in [0.5, 0.6) is 0 Å². The maximum absolute atomic E-state index is 14.4. The summed E-state index contributed by atoms with van der Waals surface area (Å²) in [6, 6.07) is 37.6. The highest BCUT2D eigenvalue weighted by Crippen LogP contribution is 2.50. The first kappa shape index (κ1) is 27.6. The van der Waals surface area contributed by atoms with Gasteiger partial charge in [-0.15, -0.1) is 11.3 Å². The predicted molar refractivity (Wildman–Crippen MR) is 166 cm³/mol. The maximum atomic E-state index is 14.4. The van der Waals surface area contributed by atoms with E-state index in [1.807, 2.05) is 115 Å². The first-order valence-electron chi connectivity index (χ1n) is 13.2. The number of hydrogen-bond donors (Lipinski definition) is 0. The average Bonchev–Trinajstić information content (AvgIpc) is 3.43. The Morgan fingerprint density at radius 3 is 1.65 bits per heavy atom. The van der Waals surface area contributed by atoms with Crippen molar-refractivity contribution in [3.63, 3.8) is 0 Å². The van der Waals surface area contributed by atoms with E-state index in [9.17, 15) is 9.59 Å². The second-order valence-corrected chi connectivity index (χ2v) is 13.4. The molecule has 5 aromatic rings. The van der Waals surface area contributed by atoms with Gasteiger partial charge >= 0.3 is 11.9 Å². The van der Waals surface area contributed by atoms with Gasteiger partial charge in [0.25, 0.3) is 0 Å². The molecule has 1 unspecified atom stereocenters. The highest BCUT2D eigenvalue weighted by atomic mass is 32.1. The molecule has 5 rings (SSSR count). The van der Waals surface area contributed by atoms with Crippen LogP contribution in [0, 0.1) is 0 Å². The highest BCUT2D eigenvalue weighted by molar-refractivity contribution is 7.96. The van der Waals surface area contributed by atoms with Crippen LogP contribution in [0.2, 0.25) is 0 Å². The van der Waals surface area contributed by atoms with E-state index in [1.54, 1.807) is 13.8 Å². The lowest BCUT2D eigenvalue weighted by Crippen LogP contribution is -2.40. The summed E-state index contributed by atoms with van der Waals surface area (Å²) in [6.45, 7) is 0.897. The number of esters is 2. The minimum absolute atomic E-state index is 0.163. The molecule has 5 nitrogen and oxygen atoms in total. The topological polar surface area (TPSA) is 65.5 Å². The van der Waals surface area contributed by atoms with E-state index in [0.29, 0.717) is 10.3 Å². The van der Waals surface area contributed by atoms with E-state index in [4.69, 9.17) is 14.5 Å². The zero-order chi connectivity index (χ0) is 28.0. The van der Waals surface area contributed by atoms with E-state index in [2.05, 4.69) is 0 Å². The van der Waals surface area contributed by atoms with Crippen LogP contribution in [-0.2, 0) is 19.1 Å². The summed E-state index contributed by atoms with van der Waals surface area (Å²) >= 11 is 1.40. The Bertz CT molecular complexity index is 1530. The van der Waals surface area contributed by atoms with Crippen LogP contribution >= 0.6 is 18.2 Å². The number of para-hydroxylation sites is 1. The van der Waals surface area contributed by atoms with Crippen LogP contribution in [0.4, 0.5) is 0 Å². The van der Waals surface area contributed by atoms with Gasteiger partial charge in [-0.25, -0.2) is 9.78 Å². The van der Waals surface area contributed by atoms with E-state index in [1.165, 1.54) is 11.3 Å². The van der Waals surface area contributed by atoms with Gasteiger partial charge in [0.05, 0.1) is 28.7 Å². The van der Waals surface area contributed by atoms with Gasteiger partial charge in [0.2, 0.25) is 0 Å². The number of ether oxygens (including phenoxy) is 2. The number of thiazole rings is 1. The average molecular weight is 568 g/mol. The molecule has 0 saturated heterocycles. The number of hydrogen-bond acceptors (Lipinski definition) is 6. The van der Waals surface area contributed by atoms with Gasteiger partial charge in [-0.1, -0.05) is 103 Å². The molecule has 1 atom stereocenters. The minimum atomic E-state index is -2.98. The smallest absolute Gasteiger partial charge is 0.336 e. The summed E-state index contributed by atoms with van der Waals surface area (Å²) in [6.07, 6.45) is 0. The predicted octanol–water partition coefficient (Wildman–Crippen LogP) is 5.67. The van der Waals surface area contributed by atoms with Crippen molar-refractivity contribution in [3.8, 4) is 0 Å². The summed E-state index contributed by atoms with van der Waals surface area (Å²) in [5.74, 6) is -2.10. The lowest BCUT2D eigenvalue weighted by atomic mass is 10.1. The van der Waals surface area contributed by atoms with Crippen LogP contribution < -0.4 is 15.9 Å². The molecule has 202 valence electrons. The second kappa shape index (κ2) is 12.5. The monoisotopic (exact) mass is 567 g/mol. The van der Waals surface area contributed by atoms with Crippen molar-refractivity contribution in [2.45, 2.75) is 19.8 Å². The van der Waals surface area contributed by atoms with E-state index < -0.39 is 24.7 Å². The van der Waals surface area contributed by atoms with Crippen molar-refractivity contribution in [2.24, 2.45) is 0 Å². The largest absolute Gasteiger partial charge is 0.465 e. The molecule has 0 N–H and O–H groups in total. The standard InChI is InChI=1S/C33H30NO4PS/c1-3-37-32(35)29(31-34-27-22-14-15-23-28(27)40-31)30(33(36)38-4-2)39(24-16-8-5-9-17-24,25-18-10-6-11-19-25)26-20-12-7-13-21-26/h5-23,29H,3-4H2,1-2H3. The van der Waals surface area contributed by atoms with E-state index >= 15 is 0 Å². The van der Waals surface area contributed by atoms with Gasteiger partial charge in [-0.05, 0) is 48.8 Å². The zero-order valence-corrected chi connectivity index (χ0v) is 24.1. The first-order chi connectivity index (χ1) is 19.6. The summed E-state index contributed by atoms with van der Waals surface area (Å²) in [5, 5.41) is 3.67. The van der Waals surface area contributed by atoms with Crippen LogP contribution in [-0.4, -0.2) is 35.4 Å².